The number of hydrogen-bond donors (Lipinski definition) is 1. The van der Waals surface area contributed by atoms with Gasteiger partial charge in [0.15, 0.2) is 0 Å². The molecule has 1 saturated carbocycles. The minimum absolute atomic E-state index is 0.169. The molecule has 0 aliphatic heterocycles. The van der Waals surface area contributed by atoms with Gasteiger partial charge in [-0.3, -0.25) is 0 Å². The highest BCUT2D eigenvalue weighted by Crippen LogP contribution is 2.45. The summed E-state index contributed by atoms with van der Waals surface area (Å²) in [7, 11) is 0. The van der Waals surface area contributed by atoms with E-state index in [1.807, 2.05) is 0 Å². The Balaban J connectivity index is 2.11. The highest BCUT2D eigenvalue weighted by atomic mass is 79.9. The van der Waals surface area contributed by atoms with Crippen LogP contribution in [0.5, 0.6) is 0 Å². The highest BCUT2D eigenvalue weighted by molar-refractivity contribution is 9.10. The molecule has 1 aromatic carbocycles. The van der Waals surface area contributed by atoms with Crippen molar-refractivity contribution in [2.75, 3.05) is 0 Å². The summed E-state index contributed by atoms with van der Waals surface area (Å²) in [6.45, 7) is 4.40. The van der Waals surface area contributed by atoms with Gasteiger partial charge >= 0.3 is 0 Å². The van der Waals surface area contributed by atoms with Gasteiger partial charge in [0.05, 0.1) is 6.10 Å². The molecule has 18 heavy (non-hydrogen) atoms. The van der Waals surface area contributed by atoms with Crippen molar-refractivity contribution in [3.05, 3.63) is 34.1 Å². The first kappa shape index (κ1) is 14.0. The maximum absolute atomic E-state index is 13.7. The normalized spacial score (nSPS) is 24.2. The lowest BCUT2D eigenvalue weighted by molar-refractivity contribution is 0.0536. The molecule has 0 radical (unpaired) electrons. The van der Waals surface area contributed by atoms with E-state index in [1.165, 1.54) is 6.07 Å². The van der Waals surface area contributed by atoms with Gasteiger partial charge in [-0.1, -0.05) is 36.2 Å². The fourth-order valence-corrected chi connectivity index (χ4v) is 3.54. The van der Waals surface area contributed by atoms with Crippen LogP contribution in [0.4, 0.5) is 4.39 Å². The number of halogens is 2. The smallest absolute Gasteiger partial charge is 0.126 e. The van der Waals surface area contributed by atoms with Gasteiger partial charge in [-0.25, -0.2) is 4.39 Å². The van der Waals surface area contributed by atoms with E-state index in [9.17, 15) is 9.50 Å². The maximum atomic E-state index is 13.7. The monoisotopic (exact) mass is 314 g/mol. The second kappa shape index (κ2) is 5.30. The van der Waals surface area contributed by atoms with Crippen LogP contribution in [0.25, 0.3) is 0 Å². The minimum Gasteiger partial charge on any atom is -0.392 e. The molecule has 1 N–H and O–H groups in total. The van der Waals surface area contributed by atoms with Gasteiger partial charge in [-0.2, -0.15) is 0 Å². The number of aliphatic hydroxyl groups is 1. The van der Waals surface area contributed by atoms with Gasteiger partial charge in [-0.15, -0.1) is 0 Å². The van der Waals surface area contributed by atoms with E-state index in [0.29, 0.717) is 12.0 Å². The van der Waals surface area contributed by atoms with E-state index in [2.05, 4.69) is 29.8 Å². The molecule has 100 valence electrons. The Morgan fingerprint density at radius 3 is 2.83 bits per heavy atom. The molecule has 0 bridgehead atoms. The van der Waals surface area contributed by atoms with Gasteiger partial charge < -0.3 is 5.11 Å². The molecular weight excluding hydrogens is 295 g/mol. The van der Waals surface area contributed by atoms with Gasteiger partial charge in [-0.05, 0) is 47.9 Å². The summed E-state index contributed by atoms with van der Waals surface area (Å²) in [6.07, 6.45) is 3.31. The molecule has 0 amide bonds. The predicted molar refractivity (Wildman–Crippen MR) is 74.9 cm³/mol. The zero-order valence-electron chi connectivity index (χ0n) is 10.9. The number of benzene rings is 1. The molecule has 2 unspecified atom stereocenters. The Morgan fingerprint density at radius 1 is 1.50 bits per heavy atom. The molecule has 1 aliphatic rings. The third kappa shape index (κ3) is 2.94. The number of rotatable bonds is 3. The second-order valence-corrected chi connectivity index (χ2v) is 6.91. The van der Waals surface area contributed by atoms with Crippen LogP contribution in [0.15, 0.2) is 22.7 Å². The van der Waals surface area contributed by atoms with Crippen molar-refractivity contribution in [3.8, 4) is 0 Å². The Hall–Kier alpha value is -0.410. The first-order valence-electron chi connectivity index (χ1n) is 6.52. The molecule has 0 aromatic heterocycles. The van der Waals surface area contributed by atoms with Crippen molar-refractivity contribution < 1.29 is 9.50 Å². The minimum atomic E-state index is -0.453. The van der Waals surface area contributed by atoms with Crippen LogP contribution >= 0.6 is 15.9 Å². The van der Waals surface area contributed by atoms with Crippen molar-refractivity contribution >= 4 is 15.9 Å². The third-order valence-electron chi connectivity index (χ3n) is 4.24. The fourth-order valence-electron chi connectivity index (χ4n) is 3.13. The standard InChI is InChI=1S/C15H20BrFO/c1-15(2)7-3-4-12(15)14(18)9-10-8-11(16)5-6-13(10)17/h5-6,8,12,14,18H,3-4,7,9H2,1-2H3. The van der Waals surface area contributed by atoms with Crippen LogP contribution in [-0.4, -0.2) is 11.2 Å². The summed E-state index contributed by atoms with van der Waals surface area (Å²) in [6, 6.07) is 4.90. The SMILES string of the molecule is CC1(C)CCCC1C(O)Cc1cc(Br)ccc1F. The fraction of sp³-hybridized carbons (Fsp3) is 0.600. The van der Waals surface area contributed by atoms with Crippen molar-refractivity contribution in [3.63, 3.8) is 0 Å². The Bertz CT molecular complexity index is 431. The van der Waals surface area contributed by atoms with Crippen LogP contribution in [0, 0.1) is 17.2 Å². The Morgan fingerprint density at radius 2 is 2.22 bits per heavy atom. The molecule has 0 saturated heterocycles. The lowest BCUT2D eigenvalue weighted by Crippen LogP contribution is -2.31. The molecule has 0 heterocycles. The lowest BCUT2D eigenvalue weighted by Gasteiger charge is -2.31. The molecule has 1 fully saturated rings. The van der Waals surface area contributed by atoms with Crippen molar-refractivity contribution in [2.45, 2.75) is 45.6 Å². The Kier molecular flexibility index (Phi) is 4.12. The van der Waals surface area contributed by atoms with Crippen molar-refractivity contribution in [1.82, 2.24) is 0 Å². The largest absolute Gasteiger partial charge is 0.392 e. The van der Waals surface area contributed by atoms with E-state index >= 15 is 0 Å². The molecule has 2 rings (SSSR count). The van der Waals surface area contributed by atoms with E-state index in [0.717, 1.165) is 23.7 Å². The van der Waals surface area contributed by atoms with Gasteiger partial charge in [0.2, 0.25) is 0 Å². The molecule has 1 nitrogen and oxygen atoms in total. The summed E-state index contributed by atoms with van der Waals surface area (Å²) in [5, 5.41) is 10.4. The van der Waals surface area contributed by atoms with Crippen LogP contribution in [0.1, 0.15) is 38.7 Å². The summed E-state index contributed by atoms with van der Waals surface area (Å²) < 4.78 is 14.5. The molecule has 0 spiro atoms. The first-order valence-corrected chi connectivity index (χ1v) is 7.31. The molecule has 3 heteroatoms. The number of hydrogen-bond acceptors (Lipinski definition) is 1. The van der Waals surface area contributed by atoms with Gasteiger partial charge in [0.1, 0.15) is 5.82 Å². The van der Waals surface area contributed by atoms with Crippen molar-refractivity contribution in [2.24, 2.45) is 11.3 Å². The van der Waals surface area contributed by atoms with Crippen LogP contribution < -0.4 is 0 Å². The topological polar surface area (TPSA) is 20.2 Å². The quantitative estimate of drug-likeness (QED) is 0.881. The summed E-state index contributed by atoms with van der Waals surface area (Å²) in [5.41, 5.74) is 0.765. The first-order chi connectivity index (χ1) is 8.40. The summed E-state index contributed by atoms with van der Waals surface area (Å²) in [5.74, 6) is 0.0453. The van der Waals surface area contributed by atoms with Crippen LogP contribution in [0.2, 0.25) is 0 Å². The zero-order valence-corrected chi connectivity index (χ0v) is 12.5. The molecular formula is C15H20BrFO. The van der Waals surface area contributed by atoms with Gasteiger partial charge in [0.25, 0.3) is 0 Å². The van der Waals surface area contributed by atoms with E-state index in [4.69, 9.17) is 0 Å². The van der Waals surface area contributed by atoms with E-state index < -0.39 is 6.10 Å². The number of aliphatic hydroxyl groups excluding tert-OH is 1. The third-order valence-corrected chi connectivity index (χ3v) is 4.73. The lowest BCUT2D eigenvalue weighted by atomic mass is 9.77. The predicted octanol–water partition coefficient (Wildman–Crippen LogP) is 4.32. The zero-order chi connectivity index (χ0) is 13.3. The van der Waals surface area contributed by atoms with E-state index in [1.54, 1.807) is 12.1 Å². The molecule has 2 atom stereocenters. The molecule has 1 aliphatic carbocycles. The Labute approximate surface area is 117 Å². The van der Waals surface area contributed by atoms with E-state index in [-0.39, 0.29) is 17.2 Å². The summed E-state index contributed by atoms with van der Waals surface area (Å²) >= 11 is 3.34. The second-order valence-electron chi connectivity index (χ2n) is 5.99. The van der Waals surface area contributed by atoms with Gasteiger partial charge in [0, 0.05) is 10.9 Å². The van der Waals surface area contributed by atoms with Crippen molar-refractivity contribution in [1.29, 1.82) is 0 Å². The van der Waals surface area contributed by atoms with Crippen LogP contribution in [-0.2, 0) is 6.42 Å². The maximum Gasteiger partial charge on any atom is 0.126 e. The molecule has 1 aromatic rings. The summed E-state index contributed by atoms with van der Waals surface area (Å²) in [4.78, 5) is 0. The average molecular weight is 315 g/mol. The highest BCUT2D eigenvalue weighted by Gasteiger charge is 2.38. The average Bonchev–Trinajstić information content (AvgIpc) is 2.63. The van der Waals surface area contributed by atoms with Crippen LogP contribution in [0.3, 0.4) is 0 Å².